The Morgan fingerprint density at radius 1 is 0.533 bits per heavy atom. The lowest BCUT2D eigenvalue weighted by Crippen LogP contribution is -2.28. The fourth-order valence-electron chi connectivity index (χ4n) is 5.07. The van der Waals surface area contributed by atoms with E-state index in [1.807, 2.05) is 0 Å². The molecule has 0 saturated carbocycles. The molecule has 0 aliphatic heterocycles. The zero-order valence-corrected chi connectivity index (χ0v) is 29.4. The third-order valence-electron chi connectivity index (χ3n) is 7.89. The summed E-state index contributed by atoms with van der Waals surface area (Å²) in [6.07, 6.45) is 44.6. The number of esters is 2. The Morgan fingerprint density at radius 3 is 1.44 bits per heavy atom. The van der Waals surface area contributed by atoms with Crippen LogP contribution in [0.2, 0.25) is 0 Å². The quantitative estimate of drug-likeness (QED) is 0.0444. The molecule has 0 amide bonds. The number of allylic oxidation sites excluding steroid dienone is 8. The van der Waals surface area contributed by atoms with Gasteiger partial charge in [-0.25, -0.2) is 0 Å². The second kappa shape index (κ2) is 36.3. The van der Waals surface area contributed by atoms with Crippen LogP contribution in [-0.4, -0.2) is 36.4 Å². The third-order valence-corrected chi connectivity index (χ3v) is 7.89. The maximum absolute atomic E-state index is 12.1. The zero-order valence-electron chi connectivity index (χ0n) is 29.4. The van der Waals surface area contributed by atoms with Crippen LogP contribution in [0.3, 0.4) is 0 Å². The van der Waals surface area contributed by atoms with Gasteiger partial charge in [0.15, 0.2) is 6.10 Å². The van der Waals surface area contributed by atoms with Crippen LogP contribution in [0.25, 0.3) is 0 Å². The van der Waals surface area contributed by atoms with Crippen LogP contribution in [0.15, 0.2) is 48.6 Å². The van der Waals surface area contributed by atoms with Crippen molar-refractivity contribution in [3.8, 4) is 0 Å². The number of carbonyl (C=O) groups is 2. The van der Waals surface area contributed by atoms with E-state index in [2.05, 4.69) is 62.5 Å². The van der Waals surface area contributed by atoms with E-state index in [9.17, 15) is 14.7 Å². The summed E-state index contributed by atoms with van der Waals surface area (Å²) in [5.74, 6) is -0.638. The van der Waals surface area contributed by atoms with E-state index in [0.29, 0.717) is 12.8 Å². The fourth-order valence-corrected chi connectivity index (χ4v) is 5.07. The first kappa shape index (κ1) is 42.9. The van der Waals surface area contributed by atoms with E-state index in [0.717, 1.165) is 64.2 Å². The predicted octanol–water partition coefficient (Wildman–Crippen LogP) is 11.5. The monoisotopic (exact) mass is 631 g/mol. The van der Waals surface area contributed by atoms with Crippen LogP contribution in [0.1, 0.15) is 174 Å². The molecule has 0 aromatic carbocycles. The van der Waals surface area contributed by atoms with Gasteiger partial charge in [0, 0.05) is 12.8 Å². The summed E-state index contributed by atoms with van der Waals surface area (Å²) in [7, 11) is 0. The van der Waals surface area contributed by atoms with Crippen molar-refractivity contribution in [3.63, 3.8) is 0 Å². The van der Waals surface area contributed by atoms with Gasteiger partial charge in [-0.15, -0.1) is 0 Å². The lowest BCUT2D eigenvalue weighted by molar-refractivity contribution is -0.161. The Morgan fingerprint density at radius 2 is 0.956 bits per heavy atom. The minimum Gasteiger partial charge on any atom is -0.462 e. The molecule has 0 spiro atoms. The maximum Gasteiger partial charge on any atom is 0.306 e. The summed E-state index contributed by atoms with van der Waals surface area (Å²) in [6.45, 7) is 3.98. The highest BCUT2D eigenvalue weighted by Gasteiger charge is 2.16. The average molecular weight is 631 g/mol. The van der Waals surface area contributed by atoms with Gasteiger partial charge in [0.05, 0.1) is 6.61 Å². The minimum absolute atomic E-state index is 0.0815. The zero-order chi connectivity index (χ0) is 32.9. The Bertz CT molecular complexity index is 767. The fraction of sp³-hybridized carbons (Fsp3) is 0.750. The summed E-state index contributed by atoms with van der Waals surface area (Å²) in [4.78, 5) is 24.2. The normalized spacial score (nSPS) is 12.7. The van der Waals surface area contributed by atoms with Gasteiger partial charge in [0.2, 0.25) is 0 Å². The molecular weight excluding hydrogens is 560 g/mol. The van der Waals surface area contributed by atoms with Crippen molar-refractivity contribution in [2.45, 2.75) is 180 Å². The number of ether oxygens (including phenoxy) is 2. The number of rotatable bonds is 33. The standard InChI is InChI=1S/C40H70O5/c1-3-5-7-9-11-13-15-17-19-21-22-24-26-28-30-32-34-39(42)44-37-38(36-41)45-40(43)35-33-31-29-27-25-23-20-18-16-14-12-10-8-6-4-2/h6,8,12,14,18,20,25,27,38,41H,3-5,7,9-11,13,15-17,19,21-24,26,28-37H2,1-2H3/b8-6+,14-12+,20-18+,27-25+/t38-/m0/s1. The molecule has 5 heteroatoms. The first-order valence-corrected chi connectivity index (χ1v) is 18.7. The molecule has 1 N–H and O–H groups in total. The van der Waals surface area contributed by atoms with Crippen molar-refractivity contribution in [2.24, 2.45) is 0 Å². The van der Waals surface area contributed by atoms with Crippen molar-refractivity contribution in [1.29, 1.82) is 0 Å². The number of unbranched alkanes of at least 4 members (excludes halogenated alkanes) is 17. The summed E-state index contributed by atoms with van der Waals surface area (Å²) in [5.41, 5.74) is 0. The van der Waals surface area contributed by atoms with Crippen molar-refractivity contribution in [2.75, 3.05) is 13.2 Å². The van der Waals surface area contributed by atoms with Crippen LogP contribution >= 0.6 is 0 Å². The topological polar surface area (TPSA) is 72.8 Å². The highest BCUT2D eigenvalue weighted by molar-refractivity contribution is 5.70. The van der Waals surface area contributed by atoms with Gasteiger partial charge >= 0.3 is 11.9 Å². The first-order valence-electron chi connectivity index (χ1n) is 18.7. The van der Waals surface area contributed by atoms with E-state index < -0.39 is 6.10 Å². The smallest absolute Gasteiger partial charge is 0.306 e. The number of carbonyl (C=O) groups excluding carboxylic acids is 2. The number of hydrogen-bond donors (Lipinski definition) is 1. The SMILES string of the molecule is CC/C=C/C/C=C/C/C=C/C/C=C/CCCCC(=O)O[C@@H](CO)COC(=O)CCCCCCCCCCCCCCCCCC. The van der Waals surface area contributed by atoms with Gasteiger partial charge in [-0.3, -0.25) is 9.59 Å². The van der Waals surface area contributed by atoms with Gasteiger partial charge in [-0.05, 0) is 51.4 Å². The first-order chi connectivity index (χ1) is 22.1. The van der Waals surface area contributed by atoms with Gasteiger partial charge in [0.1, 0.15) is 6.61 Å². The van der Waals surface area contributed by atoms with E-state index in [1.165, 1.54) is 83.5 Å². The summed E-state index contributed by atoms with van der Waals surface area (Å²) < 4.78 is 10.6. The second-order valence-corrected chi connectivity index (χ2v) is 12.3. The Kier molecular flexibility index (Phi) is 34.6. The van der Waals surface area contributed by atoms with Crippen molar-refractivity contribution in [1.82, 2.24) is 0 Å². The lowest BCUT2D eigenvalue weighted by atomic mass is 10.0. The van der Waals surface area contributed by atoms with Crippen LogP contribution in [0.5, 0.6) is 0 Å². The maximum atomic E-state index is 12.1. The second-order valence-electron chi connectivity index (χ2n) is 12.3. The van der Waals surface area contributed by atoms with Gasteiger partial charge in [-0.1, -0.05) is 159 Å². The number of aliphatic hydroxyl groups is 1. The van der Waals surface area contributed by atoms with Crippen molar-refractivity contribution in [3.05, 3.63) is 48.6 Å². The molecule has 0 aliphatic rings. The molecule has 0 saturated heterocycles. The molecule has 0 heterocycles. The van der Waals surface area contributed by atoms with Crippen LogP contribution in [-0.2, 0) is 19.1 Å². The highest BCUT2D eigenvalue weighted by atomic mass is 16.6. The Balaban J connectivity index is 3.62. The minimum atomic E-state index is -0.790. The van der Waals surface area contributed by atoms with Crippen LogP contribution in [0, 0.1) is 0 Å². The largest absolute Gasteiger partial charge is 0.462 e. The van der Waals surface area contributed by atoms with E-state index in [1.54, 1.807) is 0 Å². The molecule has 0 fully saturated rings. The van der Waals surface area contributed by atoms with Crippen LogP contribution in [0.4, 0.5) is 0 Å². The molecule has 0 aliphatic carbocycles. The molecule has 0 radical (unpaired) electrons. The van der Waals surface area contributed by atoms with Crippen LogP contribution < -0.4 is 0 Å². The molecular formula is C40H70O5. The lowest BCUT2D eigenvalue weighted by Gasteiger charge is -2.15. The molecule has 5 nitrogen and oxygen atoms in total. The Hall–Kier alpha value is -2.14. The summed E-state index contributed by atoms with van der Waals surface area (Å²) >= 11 is 0. The van der Waals surface area contributed by atoms with E-state index >= 15 is 0 Å². The third kappa shape index (κ3) is 34.6. The van der Waals surface area contributed by atoms with Crippen molar-refractivity contribution >= 4 is 11.9 Å². The molecule has 0 aromatic rings. The molecule has 260 valence electrons. The Labute approximate surface area is 278 Å². The molecule has 45 heavy (non-hydrogen) atoms. The molecule has 1 atom stereocenters. The molecule has 0 aromatic heterocycles. The highest BCUT2D eigenvalue weighted by Crippen LogP contribution is 2.14. The van der Waals surface area contributed by atoms with Crippen molar-refractivity contribution < 1.29 is 24.2 Å². The average Bonchev–Trinajstić information content (AvgIpc) is 3.04. The molecule has 0 rings (SSSR count). The molecule has 0 bridgehead atoms. The van der Waals surface area contributed by atoms with Gasteiger partial charge in [-0.2, -0.15) is 0 Å². The number of aliphatic hydroxyl groups excluding tert-OH is 1. The van der Waals surface area contributed by atoms with Gasteiger partial charge < -0.3 is 14.6 Å². The molecule has 0 unspecified atom stereocenters. The van der Waals surface area contributed by atoms with E-state index in [4.69, 9.17) is 9.47 Å². The number of hydrogen-bond acceptors (Lipinski definition) is 5. The predicted molar refractivity (Wildman–Crippen MR) is 191 cm³/mol. The summed E-state index contributed by atoms with van der Waals surface area (Å²) in [5, 5.41) is 9.53. The van der Waals surface area contributed by atoms with Gasteiger partial charge in [0.25, 0.3) is 0 Å². The summed E-state index contributed by atoms with van der Waals surface area (Å²) in [6, 6.07) is 0. The van der Waals surface area contributed by atoms with E-state index in [-0.39, 0.29) is 25.2 Å².